The van der Waals surface area contributed by atoms with Crippen molar-refractivity contribution in [2.24, 2.45) is 5.73 Å². The molecule has 4 atom stereocenters. The van der Waals surface area contributed by atoms with E-state index >= 15 is 0 Å². The summed E-state index contributed by atoms with van der Waals surface area (Å²) in [5.74, 6) is -3.93. The van der Waals surface area contributed by atoms with Crippen molar-refractivity contribution in [2.45, 2.75) is 49.9 Å². The number of thiol groups is 1. The van der Waals surface area contributed by atoms with Crippen molar-refractivity contribution in [3.8, 4) is 0 Å². The number of hydrogen-bond acceptors (Lipinski definition) is 8. The van der Waals surface area contributed by atoms with E-state index in [2.05, 4.69) is 23.3 Å². The molecule has 1 saturated heterocycles. The SMILES string of the molecule is CSCCC(NC(=O)C(CS)NC(=O)C(N)CC(=O)O)C(=O)N1CCCC1C(=O)O. The molecule has 0 aromatic heterocycles. The quantitative estimate of drug-likeness (QED) is 0.188. The zero-order valence-corrected chi connectivity index (χ0v) is 18.3. The van der Waals surface area contributed by atoms with Crippen LogP contribution < -0.4 is 16.4 Å². The highest BCUT2D eigenvalue weighted by Gasteiger charge is 2.38. The van der Waals surface area contributed by atoms with E-state index in [1.165, 1.54) is 16.7 Å². The van der Waals surface area contributed by atoms with Gasteiger partial charge in [-0.1, -0.05) is 0 Å². The highest BCUT2D eigenvalue weighted by atomic mass is 32.2. The molecule has 0 aromatic rings. The molecule has 30 heavy (non-hydrogen) atoms. The molecule has 0 spiro atoms. The number of rotatable bonds is 12. The van der Waals surface area contributed by atoms with E-state index in [-0.39, 0.29) is 18.7 Å². The van der Waals surface area contributed by atoms with Crippen LogP contribution in [0.15, 0.2) is 0 Å². The Hall–Kier alpha value is -1.99. The number of nitrogens with zero attached hydrogens (tertiary/aromatic N) is 1. The number of carbonyl (C=O) groups is 5. The van der Waals surface area contributed by atoms with Gasteiger partial charge in [0.05, 0.1) is 12.5 Å². The molecule has 0 radical (unpaired) electrons. The first-order valence-corrected chi connectivity index (χ1v) is 11.4. The molecule has 3 amide bonds. The Bertz CT molecular complexity index is 664. The maximum Gasteiger partial charge on any atom is 0.326 e. The number of nitrogens with one attached hydrogen (secondary N) is 2. The van der Waals surface area contributed by atoms with Crippen molar-refractivity contribution in [2.75, 3.05) is 24.3 Å². The van der Waals surface area contributed by atoms with Crippen molar-refractivity contribution in [3.63, 3.8) is 0 Å². The summed E-state index contributed by atoms with van der Waals surface area (Å²) in [6.45, 7) is 0.290. The minimum atomic E-state index is -1.34. The molecule has 0 saturated carbocycles. The average Bonchev–Trinajstić information content (AvgIpc) is 3.17. The van der Waals surface area contributed by atoms with E-state index in [9.17, 15) is 29.1 Å². The van der Waals surface area contributed by atoms with E-state index in [0.29, 0.717) is 18.6 Å². The molecular formula is C17H28N4O7S2. The largest absolute Gasteiger partial charge is 0.481 e. The number of carbonyl (C=O) groups excluding carboxylic acids is 3. The lowest BCUT2D eigenvalue weighted by atomic mass is 10.1. The molecule has 13 heteroatoms. The molecule has 1 fully saturated rings. The summed E-state index contributed by atoms with van der Waals surface area (Å²) in [4.78, 5) is 60.9. The molecule has 0 aliphatic carbocycles. The molecule has 0 bridgehead atoms. The van der Waals surface area contributed by atoms with Gasteiger partial charge >= 0.3 is 11.9 Å². The number of amides is 3. The van der Waals surface area contributed by atoms with E-state index in [0.717, 1.165) is 0 Å². The summed E-state index contributed by atoms with van der Waals surface area (Å²) < 4.78 is 0. The van der Waals surface area contributed by atoms with Gasteiger partial charge in [0.1, 0.15) is 18.1 Å². The van der Waals surface area contributed by atoms with Gasteiger partial charge in [-0.2, -0.15) is 24.4 Å². The van der Waals surface area contributed by atoms with E-state index in [4.69, 9.17) is 10.8 Å². The Morgan fingerprint density at radius 2 is 1.80 bits per heavy atom. The van der Waals surface area contributed by atoms with E-state index in [1.807, 2.05) is 6.26 Å². The van der Waals surface area contributed by atoms with Crippen LogP contribution in [0.3, 0.4) is 0 Å². The third-order valence-electron chi connectivity index (χ3n) is 4.59. The van der Waals surface area contributed by atoms with Crippen LogP contribution in [-0.2, 0) is 24.0 Å². The fourth-order valence-corrected chi connectivity index (χ4v) is 3.73. The second kappa shape index (κ2) is 12.6. The third-order valence-corrected chi connectivity index (χ3v) is 5.60. The summed E-state index contributed by atoms with van der Waals surface area (Å²) in [5, 5.41) is 22.9. The predicted octanol–water partition coefficient (Wildman–Crippen LogP) is -1.48. The lowest BCUT2D eigenvalue weighted by Crippen LogP contribution is -2.57. The van der Waals surface area contributed by atoms with Crippen LogP contribution in [0.5, 0.6) is 0 Å². The molecule has 11 nitrogen and oxygen atoms in total. The Balaban J connectivity index is 2.85. The Kier molecular flexibility index (Phi) is 11.0. The minimum absolute atomic E-state index is 0.109. The molecular weight excluding hydrogens is 436 g/mol. The Morgan fingerprint density at radius 1 is 1.17 bits per heavy atom. The van der Waals surface area contributed by atoms with Gasteiger partial charge in [-0.05, 0) is 31.3 Å². The number of thioether (sulfide) groups is 1. The summed E-state index contributed by atoms with van der Waals surface area (Å²) in [7, 11) is 0. The molecule has 1 rings (SSSR count). The highest BCUT2D eigenvalue weighted by Crippen LogP contribution is 2.19. The van der Waals surface area contributed by atoms with Crippen LogP contribution in [-0.4, -0.2) is 93.2 Å². The number of carboxylic acids is 2. The number of carboxylic acid groups (broad SMARTS) is 2. The van der Waals surface area contributed by atoms with Crippen LogP contribution in [0.2, 0.25) is 0 Å². The van der Waals surface area contributed by atoms with Gasteiger partial charge < -0.3 is 31.5 Å². The van der Waals surface area contributed by atoms with Gasteiger partial charge in [-0.3, -0.25) is 19.2 Å². The molecule has 1 aliphatic heterocycles. The smallest absolute Gasteiger partial charge is 0.326 e. The predicted molar refractivity (Wildman–Crippen MR) is 113 cm³/mol. The molecule has 0 aromatic carbocycles. The van der Waals surface area contributed by atoms with Crippen LogP contribution in [0, 0.1) is 0 Å². The summed E-state index contributed by atoms with van der Waals surface area (Å²) >= 11 is 5.49. The zero-order chi connectivity index (χ0) is 22.8. The lowest BCUT2D eigenvalue weighted by Gasteiger charge is -2.28. The van der Waals surface area contributed by atoms with Gasteiger partial charge in [-0.25, -0.2) is 4.79 Å². The number of likely N-dealkylation sites (tertiary alicyclic amines) is 1. The lowest BCUT2D eigenvalue weighted by molar-refractivity contribution is -0.149. The molecule has 1 aliphatic rings. The first-order chi connectivity index (χ1) is 14.1. The molecule has 1 heterocycles. The van der Waals surface area contributed by atoms with Crippen molar-refractivity contribution in [1.29, 1.82) is 0 Å². The summed E-state index contributed by atoms with van der Waals surface area (Å²) in [5.41, 5.74) is 5.49. The highest BCUT2D eigenvalue weighted by molar-refractivity contribution is 7.98. The van der Waals surface area contributed by atoms with Gasteiger partial charge in [0.25, 0.3) is 0 Å². The summed E-state index contributed by atoms with van der Waals surface area (Å²) in [6, 6.07) is -4.37. The summed E-state index contributed by atoms with van der Waals surface area (Å²) in [6.07, 6.45) is 2.41. The van der Waals surface area contributed by atoms with Crippen molar-refractivity contribution >= 4 is 54.1 Å². The average molecular weight is 465 g/mol. The van der Waals surface area contributed by atoms with Gasteiger partial charge in [0.2, 0.25) is 17.7 Å². The van der Waals surface area contributed by atoms with Crippen LogP contribution >= 0.6 is 24.4 Å². The Morgan fingerprint density at radius 3 is 2.33 bits per heavy atom. The van der Waals surface area contributed by atoms with Crippen molar-refractivity contribution in [1.82, 2.24) is 15.5 Å². The zero-order valence-electron chi connectivity index (χ0n) is 16.6. The number of hydrogen-bond donors (Lipinski definition) is 6. The second-order valence-corrected chi connectivity index (χ2v) is 8.17. The standard InChI is InChI=1S/C17H28N4O7S2/c1-30-6-4-10(16(26)21-5-2-3-12(21)17(27)28)19-15(25)11(8-29)20-14(24)9(18)7-13(22)23/h9-12,29H,2-8,18H2,1H3,(H,19,25)(H,20,24)(H,22,23)(H,27,28). The number of aliphatic carboxylic acids is 2. The minimum Gasteiger partial charge on any atom is -0.481 e. The molecule has 6 N–H and O–H groups in total. The number of nitrogens with two attached hydrogens (primary N) is 1. The van der Waals surface area contributed by atoms with E-state index in [1.54, 1.807) is 0 Å². The first-order valence-electron chi connectivity index (χ1n) is 9.33. The fraction of sp³-hybridized carbons (Fsp3) is 0.706. The third kappa shape index (κ3) is 7.69. The van der Waals surface area contributed by atoms with Crippen LogP contribution in [0.4, 0.5) is 0 Å². The van der Waals surface area contributed by atoms with Crippen molar-refractivity contribution in [3.05, 3.63) is 0 Å². The normalized spacial score (nSPS) is 18.9. The second-order valence-electron chi connectivity index (χ2n) is 6.82. The monoisotopic (exact) mass is 464 g/mol. The topological polar surface area (TPSA) is 179 Å². The van der Waals surface area contributed by atoms with Crippen molar-refractivity contribution < 1.29 is 34.2 Å². The van der Waals surface area contributed by atoms with Crippen LogP contribution in [0.25, 0.3) is 0 Å². The van der Waals surface area contributed by atoms with Crippen LogP contribution in [0.1, 0.15) is 25.7 Å². The molecule has 170 valence electrons. The first kappa shape index (κ1) is 26.0. The van der Waals surface area contributed by atoms with E-state index < -0.39 is 60.2 Å². The maximum atomic E-state index is 12.9. The maximum absolute atomic E-state index is 12.9. The Labute approximate surface area is 183 Å². The molecule has 4 unspecified atom stereocenters. The van der Waals surface area contributed by atoms with Gasteiger partial charge in [0, 0.05) is 12.3 Å². The fourth-order valence-electron chi connectivity index (χ4n) is 3.01. The van der Waals surface area contributed by atoms with Gasteiger partial charge in [0.15, 0.2) is 0 Å². The van der Waals surface area contributed by atoms with Gasteiger partial charge in [-0.15, -0.1) is 0 Å².